The largest absolute Gasteiger partial charge is 0.470 e. The Morgan fingerprint density at radius 1 is 1.11 bits per heavy atom. The van der Waals surface area contributed by atoms with Gasteiger partial charge in [-0.25, -0.2) is 13.5 Å². The molecule has 3 aromatic rings. The Bertz CT molecular complexity index is 1230. The molecule has 1 aromatic carbocycles. The average Bonchev–Trinajstić information content (AvgIpc) is 3.28. The Morgan fingerprint density at radius 3 is 2.57 bits per heavy atom. The molecular formula is C25H30F2N8O2. The molecule has 2 saturated heterocycles. The number of hydrogen-bond donors (Lipinski definition) is 1. The number of aromatic nitrogens is 5. The van der Waals surface area contributed by atoms with Gasteiger partial charge >= 0.3 is 0 Å². The van der Waals surface area contributed by atoms with E-state index < -0.39 is 6.43 Å². The highest BCUT2D eigenvalue weighted by atomic mass is 19.3. The number of aryl methyl sites for hydroxylation is 1. The van der Waals surface area contributed by atoms with Crippen molar-refractivity contribution < 1.29 is 18.3 Å². The zero-order valence-electron chi connectivity index (χ0n) is 21.0. The Hall–Kier alpha value is -3.51. The lowest BCUT2D eigenvalue weighted by atomic mass is 9.94. The fraction of sp³-hybridized carbons (Fsp3) is 0.480. The van der Waals surface area contributed by atoms with Crippen LogP contribution in [0, 0.1) is 12.8 Å². The Labute approximate surface area is 213 Å². The number of carbonyl (C=O) groups is 1. The number of carbonyl (C=O) groups excluding carboxylic acids is 1. The van der Waals surface area contributed by atoms with E-state index in [2.05, 4.69) is 44.6 Å². The van der Waals surface area contributed by atoms with Crippen molar-refractivity contribution in [1.29, 1.82) is 0 Å². The maximum absolute atomic E-state index is 13.2. The summed E-state index contributed by atoms with van der Waals surface area (Å²) >= 11 is 0. The molecule has 0 saturated carbocycles. The standard InChI is InChI=1S/C25H30F2N8O2/c1-15(2)20-13-34(25(36)19-12-28-10-11-33(19)20)22-8-9-23(31-30-22)37-14-21-16(3)29-32-35(21)18-6-4-17(5-7-18)24(26)27/h4-9,15,19-20,24,28H,10-14H2,1-3H3/t19-,20?/m0/s1. The van der Waals surface area contributed by atoms with Crippen LogP contribution in [0.2, 0.25) is 0 Å². The second-order valence-electron chi connectivity index (χ2n) is 9.66. The molecule has 2 fully saturated rings. The molecule has 12 heteroatoms. The predicted octanol–water partition coefficient (Wildman–Crippen LogP) is 2.53. The number of nitrogens with zero attached hydrogens (tertiary/aromatic N) is 7. The van der Waals surface area contributed by atoms with Gasteiger partial charge in [-0.2, -0.15) is 0 Å². The van der Waals surface area contributed by atoms with Crippen LogP contribution >= 0.6 is 0 Å². The molecular weight excluding hydrogens is 482 g/mol. The molecule has 2 aliphatic rings. The fourth-order valence-corrected chi connectivity index (χ4v) is 4.90. The molecule has 1 N–H and O–H groups in total. The summed E-state index contributed by atoms with van der Waals surface area (Å²) in [5.41, 5.74) is 1.84. The van der Waals surface area contributed by atoms with Crippen LogP contribution in [-0.2, 0) is 11.4 Å². The average molecular weight is 513 g/mol. The molecule has 2 aromatic heterocycles. The molecule has 2 aliphatic heterocycles. The number of amides is 1. The number of nitrogens with one attached hydrogen (secondary N) is 1. The van der Waals surface area contributed by atoms with Crippen molar-refractivity contribution in [2.75, 3.05) is 31.1 Å². The lowest BCUT2D eigenvalue weighted by Gasteiger charge is -2.49. The van der Waals surface area contributed by atoms with Gasteiger partial charge in [-0.15, -0.1) is 15.3 Å². The topological polar surface area (TPSA) is 101 Å². The van der Waals surface area contributed by atoms with Crippen LogP contribution in [0.1, 0.15) is 37.2 Å². The molecule has 37 heavy (non-hydrogen) atoms. The fourth-order valence-electron chi connectivity index (χ4n) is 4.90. The SMILES string of the molecule is Cc1nnn(-c2ccc(C(F)F)cc2)c1COc1ccc(N2CC(C(C)C)N3CCNC[C@H]3C2=O)nn1. The number of anilines is 1. The van der Waals surface area contributed by atoms with Gasteiger partial charge in [0.15, 0.2) is 5.82 Å². The van der Waals surface area contributed by atoms with E-state index >= 15 is 0 Å². The van der Waals surface area contributed by atoms with Gasteiger partial charge in [0.05, 0.1) is 11.4 Å². The van der Waals surface area contributed by atoms with E-state index in [1.54, 1.807) is 40.8 Å². The molecule has 2 atom stereocenters. The molecule has 5 rings (SSSR count). The molecule has 196 valence electrons. The Morgan fingerprint density at radius 2 is 1.89 bits per heavy atom. The van der Waals surface area contributed by atoms with Gasteiger partial charge in [-0.05, 0) is 31.0 Å². The van der Waals surface area contributed by atoms with Crippen molar-refractivity contribution in [3.63, 3.8) is 0 Å². The molecule has 0 spiro atoms. The number of fused-ring (bicyclic) bond motifs is 1. The first-order valence-corrected chi connectivity index (χ1v) is 12.4. The van der Waals surface area contributed by atoms with Crippen LogP contribution in [0.4, 0.5) is 14.6 Å². The predicted molar refractivity (Wildman–Crippen MR) is 132 cm³/mol. The van der Waals surface area contributed by atoms with Crippen molar-refractivity contribution >= 4 is 11.7 Å². The van der Waals surface area contributed by atoms with E-state index in [1.165, 1.54) is 12.1 Å². The third kappa shape index (κ3) is 5.03. The summed E-state index contributed by atoms with van der Waals surface area (Å²) in [4.78, 5) is 17.3. The maximum atomic E-state index is 13.2. The van der Waals surface area contributed by atoms with Gasteiger partial charge in [0, 0.05) is 43.9 Å². The number of benzene rings is 1. The van der Waals surface area contributed by atoms with Gasteiger partial charge in [0.1, 0.15) is 18.3 Å². The van der Waals surface area contributed by atoms with Crippen molar-refractivity contribution in [3.05, 3.63) is 53.3 Å². The minimum absolute atomic E-state index is 0.0236. The third-order valence-corrected chi connectivity index (χ3v) is 7.01. The quantitative estimate of drug-likeness (QED) is 0.516. The van der Waals surface area contributed by atoms with Gasteiger partial charge in [0.2, 0.25) is 11.8 Å². The van der Waals surface area contributed by atoms with Crippen LogP contribution in [0.3, 0.4) is 0 Å². The van der Waals surface area contributed by atoms with Crippen LogP contribution in [0.15, 0.2) is 36.4 Å². The zero-order chi connectivity index (χ0) is 26.1. The smallest absolute Gasteiger partial charge is 0.263 e. The van der Waals surface area contributed by atoms with Crippen molar-refractivity contribution in [2.45, 2.75) is 45.9 Å². The molecule has 0 aliphatic carbocycles. The number of hydrogen-bond acceptors (Lipinski definition) is 8. The second-order valence-corrected chi connectivity index (χ2v) is 9.66. The summed E-state index contributed by atoms with van der Waals surface area (Å²) in [6, 6.07) is 9.32. The van der Waals surface area contributed by atoms with Gasteiger partial charge in [-0.3, -0.25) is 14.6 Å². The van der Waals surface area contributed by atoms with E-state index in [-0.39, 0.29) is 36.0 Å². The number of piperazine rings is 2. The normalized spacial score (nSPS) is 20.5. The van der Waals surface area contributed by atoms with E-state index in [1.807, 2.05) is 0 Å². The summed E-state index contributed by atoms with van der Waals surface area (Å²) in [6.45, 7) is 9.17. The van der Waals surface area contributed by atoms with Crippen LogP contribution < -0.4 is 15.0 Å². The van der Waals surface area contributed by atoms with Crippen LogP contribution in [-0.4, -0.2) is 74.3 Å². The number of alkyl halides is 2. The van der Waals surface area contributed by atoms with Gasteiger partial charge < -0.3 is 10.1 Å². The molecule has 10 nitrogen and oxygen atoms in total. The van der Waals surface area contributed by atoms with Crippen molar-refractivity contribution in [3.8, 4) is 11.6 Å². The summed E-state index contributed by atoms with van der Waals surface area (Å²) in [6.07, 6.45) is -2.54. The van der Waals surface area contributed by atoms with E-state index in [0.717, 1.165) is 13.1 Å². The lowest BCUT2D eigenvalue weighted by molar-refractivity contribution is -0.129. The van der Waals surface area contributed by atoms with Crippen molar-refractivity contribution in [2.24, 2.45) is 5.92 Å². The van der Waals surface area contributed by atoms with Gasteiger partial charge in [-0.1, -0.05) is 31.2 Å². The summed E-state index contributed by atoms with van der Waals surface area (Å²) in [7, 11) is 0. The van der Waals surface area contributed by atoms with Crippen LogP contribution in [0.25, 0.3) is 5.69 Å². The highest BCUT2D eigenvalue weighted by Gasteiger charge is 2.43. The third-order valence-electron chi connectivity index (χ3n) is 7.01. The summed E-state index contributed by atoms with van der Waals surface area (Å²) < 4.78 is 33.2. The first kappa shape index (κ1) is 25.2. The highest BCUT2D eigenvalue weighted by molar-refractivity contribution is 5.97. The number of ether oxygens (including phenoxy) is 1. The second kappa shape index (κ2) is 10.5. The minimum Gasteiger partial charge on any atom is -0.470 e. The Balaban J connectivity index is 1.29. The van der Waals surface area contributed by atoms with E-state index in [9.17, 15) is 13.6 Å². The molecule has 1 amide bonds. The summed E-state index contributed by atoms with van der Waals surface area (Å²) in [5.74, 6) is 1.19. The van der Waals surface area contributed by atoms with Gasteiger partial charge in [0.25, 0.3) is 6.43 Å². The molecule has 0 radical (unpaired) electrons. The summed E-state index contributed by atoms with van der Waals surface area (Å²) in [5, 5.41) is 20.0. The van der Waals surface area contributed by atoms with E-state index in [4.69, 9.17) is 4.74 Å². The monoisotopic (exact) mass is 512 g/mol. The highest BCUT2D eigenvalue weighted by Crippen LogP contribution is 2.27. The number of halogens is 2. The molecule has 4 heterocycles. The molecule has 1 unspecified atom stereocenters. The molecule has 0 bridgehead atoms. The maximum Gasteiger partial charge on any atom is 0.263 e. The lowest BCUT2D eigenvalue weighted by Crippen LogP contribution is -2.69. The zero-order valence-corrected chi connectivity index (χ0v) is 21.0. The first-order valence-electron chi connectivity index (χ1n) is 12.4. The number of rotatable bonds is 7. The van der Waals surface area contributed by atoms with Crippen molar-refractivity contribution in [1.82, 2.24) is 35.4 Å². The Kier molecular flexibility index (Phi) is 7.11. The first-order chi connectivity index (χ1) is 17.8. The van der Waals surface area contributed by atoms with E-state index in [0.29, 0.717) is 41.9 Å². The minimum atomic E-state index is -2.54. The van der Waals surface area contributed by atoms with Crippen LogP contribution in [0.5, 0.6) is 5.88 Å².